The maximum atomic E-state index is 12.3. The molecule has 0 aliphatic heterocycles. The Labute approximate surface area is 138 Å². The topological polar surface area (TPSA) is 66.4 Å². The third-order valence-electron chi connectivity index (χ3n) is 2.38. The summed E-state index contributed by atoms with van der Waals surface area (Å²) in [5.41, 5.74) is 0.266. The molecule has 8 heteroatoms. The van der Waals surface area contributed by atoms with Gasteiger partial charge >= 0.3 is 0 Å². The van der Waals surface area contributed by atoms with Crippen molar-refractivity contribution < 1.29 is 13.5 Å². The average Bonchev–Trinajstić information content (AvgIpc) is 2.33. The Hall–Kier alpha value is -0.760. The standard InChI is InChI=1S/C12H8Br2ClNO3S/c13-7-1-4-12(9(14)5-7)20(18,19)16-8-2-3-11(17)10(15)6-8/h1-6,16-17H. The van der Waals surface area contributed by atoms with E-state index in [1.807, 2.05) is 0 Å². The summed E-state index contributed by atoms with van der Waals surface area (Å²) in [6, 6.07) is 8.81. The molecule has 0 saturated heterocycles. The summed E-state index contributed by atoms with van der Waals surface area (Å²) in [4.78, 5) is 0.102. The van der Waals surface area contributed by atoms with E-state index in [1.54, 1.807) is 12.1 Å². The van der Waals surface area contributed by atoms with Gasteiger partial charge < -0.3 is 5.11 Å². The number of hydrogen-bond donors (Lipinski definition) is 2. The van der Waals surface area contributed by atoms with Crippen LogP contribution in [0.15, 0.2) is 50.2 Å². The molecule has 20 heavy (non-hydrogen) atoms. The van der Waals surface area contributed by atoms with Gasteiger partial charge in [-0.1, -0.05) is 27.5 Å². The Bertz CT molecular complexity index is 765. The summed E-state index contributed by atoms with van der Waals surface area (Å²) in [5.74, 6) is -0.112. The first-order chi connectivity index (χ1) is 9.29. The largest absolute Gasteiger partial charge is 0.506 e. The molecule has 0 spiro atoms. The van der Waals surface area contributed by atoms with E-state index >= 15 is 0 Å². The highest BCUT2D eigenvalue weighted by molar-refractivity contribution is 9.11. The maximum absolute atomic E-state index is 12.3. The quantitative estimate of drug-likeness (QED) is 0.695. The van der Waals surface area contributed by atoms with Gasteiger partial charge in [-0.3, -0.25) is 4.72 Å². The minimum atomic E-state index is -3.75. The van der Waals surface area contributed by atoms with Gasteiger partial charge in [0.05, 0.1) is 10.7 Å². The lowest BCUT2D eigenvalue weighted by Gasteiger charge is -2.10. The number of phenolic OH excluding ortho intramolecular Hbond substituents is 1. The Morgan fingerprint density at radius 2 is 1.80 bits per heavy atom. The Kier molecular flexibility index (Phi) is 4.63. The average molecular weight is 442 g/mol. The molecule has 0 amide bonds. The van der Waals surface area contributed by atoms with Gasteiger partial charge in [-0.2, -0.15) is 0 Å². The van der Waals surface area contributed by atoms with Crippen molar-refractivity contribution in [3.63, 3.8) is 0 Å². The van der Waals surface area contributed by atoms with Crippen molar-refractivity contribution in [2.45, 2.75) is 4.90 Å². The molecular formula is C12H8Br2ClNO3S. The van der Waals surface area contributed by atoms with Crippen LogP contribution in [0, 0.1) is 0 Å². The Morgan fingerprint density at radius 1 is 1.10 bits per heavy atom. The molecule has 0 unspecified atom stereocenters. The molecule has 0 radical (unpaired) electrons. The molecule has 0 aliphatic carbocycles. The summed E-state index contributed by atoms with van der Waals surface area (Å²) in [7, 11) is -3.75. The lowest BCUT2D eigenvalue weighted by Crippen LogP contribution is -2.13. The summed E-state index contributed by atoms with van der Waals surface area (Å²) in [5, 5.41) is 9.38. The number of nitrogens with one attached hydrogen (secondary N) is 1. The first-order valence-corrected chi connectivity index (χ1v) is 8.71. The number of halogens is 3. The van der Waals surface area contributed by atoms with Gasteiger partial charge in [-0.25, -0.2) is 8.42 Å². The van der Waals surface area contributed by atoms with Gasteiger partial charge in [0.2, 0.25) is 0 Å². The normalized spacial score (nSPS) is 11.3. The van der Waals surface area contributed by atoms with Crippen LogP contribution in [0.1, 0.15) is 0 Å². The zero-order chi connectivity index (χ0) is 14.9. The second-order valence-corrected chi connectivity index (χ2v) is 7.67. The Balaban J connectivity index is 2.38. The fourth-order valence-electron chi connectivity index (χ4n) is 1.47. The van der Waals surface area contributed by atoms with Crippen LogP contribution >= 0.6 is 43.5 Å². The molecule has 2 rings (SSSR count). The van der Waals surface area contributed by atoms with Crippen molar-refractivity contribution in [2.75, 3.05) is 4.72 Å². The molecule has 0 fully saturated rings. The number of aromatic hydroxyl groups is 1. The molecule has 0 aliphatic rings. The predicted octanol–water partition coefficient (Wildman–Crippen LogP) is 4.37. The molecule has 2 N–H and O–H groups in total. The predicted molar refractivity (Wildman–Crippen MR) is 85.8 cm³/mol. The number of anilines is 1. The van der Waals surface area contributed by atoms with Crippen LogP contribution in [0.4, 0.5) is 5.69 Å². The van der Waals surface area contributed by atoms with Crippen molar-refractivity contribution in [1.29, 1.82) is 0 Å². The summed E-state index contributed by atoms with van der Waals surface area (Å²) >= 11 is 12.2. The molecule has 0 saturated carbocycles. The lowest BCUT2D eigenvalue weighted by molar-refractivity contribution is 0.475. The van der Waals surface area contributed by atoms with Crippen molar-refractivity contribution in [2.24, 2.45) is 0 Å². The lowest BCUT2D eigenvalue weighted by atomic mass is 10.3. The monoisotopic (exact) mass is 439 g/mol. The molecule has 2 aromatic carbocycles. The fourth-order valence-corrected chi connectivity index (χ4v) is 4.45. The van der Waals surface area contributed by atoms with Gasteiger partial charge in [0.25, 0.3) is 10.0 Å². The second kappa shape index (κ2) is 5.93. The minimum Gasteiger partial charge on any atom is -0.506 e. The molecule has 0 heterocycles. The van der Waals surface area contributed by atoms with E-state index in [-0.39, 0.29) is 21.4 Å². The van der Waals surface area contributed by atoms with Gasteiger partial charge in [-0.05, 0) is 52.3 Å². The van der Waals surface area contributed by atoms with Crippen LogP contribution in [0.3, 0.4) is 0 Å². The summed E-state index contributed by atoms with van der Waals surface area (Å²) < 4.78 is 28.1. The first-order valence-electron chi connectivity index (χ1n) is 5.26. The van der Waals surface area contributed by atoms with Gasteiger partial charge in [0.1, 0.15) is 10.6 Å². The summed E-state index contributed by atoms with van der Waals surface area (Å²) in [6.07, 6.45) is 0. The molecular weight excluding hydrogens is 433 g/mol. The smallest absolute Gasteiger partial charge is 0.263 e. The van der Waals surface area contributed by atoms with Gasteiger partial charge in [0.15, 0.2) is 0 Å². The first kappa shape index (κ1) is 15.6. The molecule has 0 bridgehead atoms. The van der Waals surface area contributed by atoms with Crippen molar-refractivity contribution >= 4 is 59.2 Å². The highest BCUT2D eigenvalue weighted by Gasteiger charge is 2.18. The Morgan fingerprint density at radius 3 is 2.40 bits per heavy atom. The highest BCUT2D eigenvalue weighted by Crippen LogP contribution is 2.30. The van der Waals surface area contributed by atoms with Crippen LogP contribution < -0.4 is 4.72 Å². The van der Waals surface area contributed by atoms with Crippen LogP contribution in [-0.2, 0) is 10.0 Å². The van der Waals surface area contributed by atoms with Crippen LogP contribution in [0.2, 0.25) is 5.02 Å². The van der Waals surface area contributed by atoms with E-state index < -0.39 is 10.0 Å². The van der Waals surface area contributed by atoms with Crippen molar-refractivity contribution in [3.05, 3.63) is 50.4 Å². The van der Waals surface area contributed by atoms with Crippen LogP contribution in [-0.4, -0.2) is 13.5 Å². The number of hydrogen-bond acceptors (Lipinski definition) is 3. The van der Waals surface area contributed by atoms with Crippen LogP contribution in [0.25, 0.3) is 0 Å². The summed E-state index contributed by atoms with van der Waals surface area (Å²) in [6.45, 7) is 0. The third kappa shape index (κ3) is 3.46. The number of phenols is 1. The zero-order valence-electron chi connectivity index (χ0n) is 9.77. The minimum absolute atomic E-state index is 0.0695. The molecule has 0 atom stereocenters. The highest BCUT2D eigenvalue weighted by atomic mass is 79.9. The van der Waals surface area contributed by atoms with E-state index in [0.29, 0.717) is 4.47 Å². The van der Waals surface area contributed by atoms with Crippen molar-refractivity contribution in [3.8, 4) is 5.75 Å². The van der Waals surface area contributed by atoms with E-state index in [4.69, 9.17) is 11.6 Å². The fraction of sp³-hybridized carbons (Fsp3) is 0. The molecule has 4 nitrogen and oxygen atoms in total. The maximum Gasteiger partial charge on any atom is 0.263 e. The number of sulfonamides is 1. The van der Waals surface area contributed by atoms with E-state index in [0.717, 1.165) is 4.47 Å². The van der Waals surface area contributed by atoms with E-state index in [9.17, 15) is 13.5 Å². The number of benzene rings is 2. The van der Waals surface area contributed by atoms with E-state index in [2.05, 4.69) is 36.6 Å². The second-order valence-electron chi connectivity index (χ2n) is 3.85. The molecule has 2 aromatic rings. The zero-order valence-corrected chi connectivity index (χ0v) is 14.5. The van der Waals surface area contributed by atoms with Gasteiger partial charge in [-0.15, -0.1) is 0 Å². The van der Waals surface area contributed by atoms with Crippen LogP contribution in [0.5, 0.6) is 5.75 Å². The van der Waals surface area contributed by atoms with Gasteiger partial charge in [0, 0.05) is 8.95 Å². The molecule has 106 valence electrons. The SMILES string of the molecule is O=S(=O)(Nc1ccc(O)c(Cl)c1)c1ccc(Br)cc1Br. The van der Waals surface area contributed by atoms with E-state index in [1.165, 1.54) is 24.3 Å². The van der Waals surface area contributed by atoms with Crippen molar-refractivity contribution in [1.82, 2.24) is 0 Å². The number of rotatable bonds is 3. The third-order valence-corrected chi connectivity index (χ3v) is 5.54. The molecule has 0 aromatic heterocycles.